The van der Waals surface area contributed by atoms with Crippen LogP contribution in [0.5, 0.6) is 0 Å². The van der Waals surface area contributed by atoms with Gasteiger partial charge in [0, 0.05) is 17.6 Å². The van der Waals surface area contributed by atoms with Crippen molar-refractivity contribution in [3.8, 4) is 0 Å². The molecule has 1 atom stereocenters. The number of halogens is 1. The summed E-state index contributed by atoms with van der Waals surface area (Å²) < 4.78 is 0.873. The zero-order valence-electron chi connectivity index (χ0n) is 10.0. The van der Waals surface area contributed by atoms with E-state index in [9.17, 15) is 0 Å². The summed E-state index contributed by atoms with van der Waals surface area (Å²) in [5.74, 6) is 0. The number of thiophene rings is 1. The van der Waals surface area contributed by atoms with E-state index >= 15 is 0 Å². The first-order valence-corrected chi connectivity index (χ1v) is 7.44. The van der Waals surface area contributed by atoms with Gasteiger partial charge in [0.2, 0.25) is 0 Å². The molecule has 2 aromatic rings. The summed E-state index contributed by atoms with van der Waals surface area (Å²) in [5, 5.41) is 3.60. The minimum Gasteiger partial charge on any atom is -0.308 e. The van der Waals surface area contributed by atoms with E-state index in [2.05, 4.69) is 22.4 Å². The highest BCUT2D eigenvalue weighted by molar-refractivity contribution is 7.16. The van der Waals surface area contributed by atoms with Gasteiger partial charge in [0.25, 0.3) is 0 Å². The molecule has 0 saturated carbocycles. The van der Waals surface area contributed by atoms with E-state index in [4.69, 9.17) is 11.6 Å². The Hall–Kier alpha value is -0.900. The van der Waals surface area contributed by atoms with Gasteiger partial charge in [-0.2, -0.15) is 0 Å². The first-order valence-electron chi connectivity index (χ1n) is 6.24. The van der Waals surface area contributed by atoms with Crippen LogP contribution < -0.4 is 5.32 Å². The van der Waals surface area contributed by atoms with Gasteiger partial charge in [-0.05, 0) is 43.0 Å². The number of hydrogen-bond acceptors (Lipinski definition) is 3. The maximum absolute atomic E-state index is 5.92. The average Bonchev–Trinajstić information content (AvgIpc) is 2.97. The molecule has 1 N–H and O–H groups in total. The van der Waals surface area contributed by atoms with Crippen molar-refractivity contribution >= 4 is 22.9 Å². The van der Waals surface area contributed by atoms with Crippen LogP contribution in [0.3, 0.4) is 0 Å². The van der Waals surface area contributed by atoms with Crippen LogP contribution in [0.15, 0.2) is 30.5 Å². The molecule has 0 aliphatic heterocycles. The van der Waals surface area contributed by atoms with E-state index < -0.39 is 0 Å². The fourth-order valence-corrected chi connectivity index (χ4v) is 3.55. The number of hydrogen-bond donors (Lipinski definition) is 1. The highest BCUT2D eigenvalue weighted by Gasteiger charge is 2.22. The van der Waals surface area contributed by atoms with Crippen molar-refractivity contribution in [3.05, 3.63) is 50.9 Å². The van der Waals surface area contributed by atoms with Crippen LogP contribution in [0, 0.1) is 0 Å². The Bertz CT molecular complexity index is 538. The number of pyridine rings is 1. The van der Waals surface area contributed by atoms with Crippen molar-refractivity contribution in [3.63, 3.8) is 0 Å². The Morgan fingerprint density at radius 1 is 1.39 bits per heavy atom. The van der Waals surface area contributed by atoms with E-state index in [1.807, 2.05) is 18.3 Å². The van der Waals surface area contributed by atoms with Gasteiger partial charge in [-0.15, -0.1) is 11.3 Å². The molecule has 4 heteroatoms. The topological polar surface area (TPSA) is 24.9 Å². The molecule has 0 amide bonds. The third-order valence-electron chi connectivity index (χ3n) is 3.35. The maximum atomic E-state index is 5.92. The van der Waals surface area contributed by atoms with Crippen molar-refractivity contribution < 1.29 is 0 Å². The number of aryl methyl sites for hydroxylation is 1. The van der Waals surface area contributed by atoms with Gasteiger partial charge in [0.05, 0.1) is 16.1 Å². The summed E-state index contributed by atoms with van der Waals surface area (Å²) in [4.78, 5) is 5.83. The fourth-order valence-electron chi connectivity index (χ4n) is 2.47. The van der Waals surface area contributed by atoms with Crippen LogP contribution in [0.4, 0.5) is 0 Å². The number of nitrogens with zero attached hydrogens (tertiary/aromatic N) is 1. The molecule has 0 radical (unpaired) electrons. The van der Waals surface area contributed by atoms with Crippen LogP contribution in [0.25, 0.3) is 0 Å². The molecule has 3 rings (SSSR count). The molecule has 1 unspecified atom stereocenters. The highest BCUT2D eigenvalue weighted by Crippen LogP contribution is 2.28. The molecule has 0 aromatic carbocycles. The molecule has 1 aliphatic rings. The number of rotatable bonds is 4. The molecule has 0 fully saturated rings. The summed E-state index contributed by atoms with van der Waals surface area (Å²) in [6.45, 7) is 0.984. The zero-order valence-corrected chi connectivity index (χ0v) is 11.6. The third-order valence-corrected chi connectivity index (χ3v) is 4.64. The molecule has 2 aromatic heterocycles. The van der Waals surface area contributed by atoms with Crippen LogP contribution in [-0.2, 0) is 12.8 Å². The summed E-state index contributed by atoms with van der Waals surface area (Å²) in [5.41, 5.74) is 2.64. The lowest BCUT2D eigenvalue weighted by molar-refractivity contribution is 0.526. The molecular formula is C14H15ClN2S. The van der Waals surface area contributed by atoms with E-state index in [0.717, 1.165) is 30.1 Å². The summed E-state index contributed by atoms with van der Waals surface area (Å²) in [6.07, 6.45) is 5.23. The van der Waals surface area contributed by atoms with E-state index in [1.165, 1.54) is 16.1 Å². The average molecular weight is 279 g/mol. The van der Waals surface area contributed by atoms with E-state index in [0.29, 0.717) is 6.04 Å². The summed E-state index contributed by atoms with van der Waals surface area (Å²) in [7, 11) is 0. The minimum atomic E-state index is 0.427. The normalized spacial score (nSPS) is 17.9. The first kappa shape index (κ1) is 12.2. The number of aromatic nitrogens is 1. The quantitative estimate of drug-likeness (QED) is 0.924. The lowest BCUT2D eigenvalue weighted by Crippen LogP contribution is -2.22. The van der Waals surface area contributed by atoms with Gasteiger partial charge >= 0.3 is 0 Å². The van der Waals surface area contributed by atoms with Crippen LogP contribution >= 0.6 is 22.9 Å². The van der Waals surface area contributed by atoms with Crippen molar-refractivity contribution in [2.24, 2.45) is 0 Å². The lowest BCUT2D eigenvalue weighted by Gasteiger charge is -2.12. The largest absolute Gasteiger partial charge is 0.308 e. The zero-order chi connectivity index (χ0) is 12.4. The Kier molecular flexibility index (Phi) is 3.64. The summed E-state index contributed by atoms with van der Waals surface area (Å²) in [6, 6.07) is 8.71. The van der Waals surface area contributed by atoms with Crippen molar-refractivity contribution in [2.75, 3.05) is 6.54 Å². The lowest BCUT2D eigenvalue weighted by atomic mass is 10.2. The van der Waals surface area contributed by atoms with Crippen LogP contribution in [-0.4, -0.2) is 11.5 Å². The van der Waals surface area contributed by atoms with Gasteiger partial charge in [-0.1, -0.05) is 17.7 Å². The second-order valence-electron chi connectivity index (χ2n) is 4.55. The minimum absolute atomic E-state index is 0.427. The summed E-state index contributed by atoms with van der Waals surface area (Å²) >= 11 is 7.59. The third kappa shape index (κ3) is 2.58. The van der Waals surface area contributed by atoms with E-state index in [-0.39, 0.29) is 0 Å². The highest BCUT2D eigenvalue weighted by atomic mass is 35.5. The molecule has 2 nitrogen and oxygen atoms in total. The molecule has 94 valence electrons. The van der Waals surface area contributed by atoms with Gasteiger partial charge < -0.3 is 5.32 Å². The second kappa shape index (κ2) is 5.39. The van der Waals surface area contributed by atoms with Crippen molar-refractivity contribution in [1.82, 2.24) is 10.3 Å². The maximum Gasteiger partial charge on any atom is 0.0931 e. The van der Waals surface area contributed by atoms with Crippen LogP contribution in [0.2, 0.25) is 4.34 Å². The SMILES string of the molecule is Clc1ccc(CCNC2CCc3cccnc32)s1. The van der Waals surface area contributed by atoms with Gasteiger partial charge in [0.1, 0.15) is 0 Å². The van der Waals surface area contributed by atoms with Gasteiger partial charge in [-0.3, -0.25) is 4.98 Å². The molecule has 2 heterocycles. The Labute approximate surface area is 116 Å². The monoisotopic (exact) mass is 278 g/mol. The molecule has 1 aliphatic carbocycles. The van der Waals surface area contributed by atoms with E-state index in [1.54, 1.807) is 11.3 Å². The molecular weight excluding hydrogens is 264 g/mol. The molecule has 18 heavy (non-hydrogen) atoms. The Morgan fingerprint density at radius 3 is 3.17 bits per heavy atom. The number of fused-ring (bicyclic) bond motifs is 1. The Morgan fingerprint density at radius 2 is 2.33 bits per heavy atom. The van der Waals surface area contributed by atoms with Crippen molar-refractivity contribution in [1.29, 1.82) is 0 Å². The standard InChI is InChI=1S/C14H15ClN2S/c15-13-6-4-11(18-13)7-9-16-12-5-3-10-2-1-8-17-14(10)12/h1-2,4,6,8,12,16H,3,5,7,9H2. The van der Waals surface area contributed by atoms with Gasteiger partial charge in [-0.25, -0.2) is 0 Å². The fraction of sp³-hybridized carbons (Fsp3) is 0.357. The predicted molar refractivity (Wildman–Crippen MR) is 76.3 cm³/mol. The smallest absolute Gasteiger partial charge is 0.0931 e. The van der Waals surface area contributed by atoms with Crippen molar-refractivity contribution in [2.45, 2.75) is 25.3 Å². The second-order valence-corrected chi connectivity index (χ2v) is 6.35. The van der Waals surface area contributed by atoms with Gasteiger partial charge in [0.15, 0.2) is 0 Å². The predicted octanol–water partition coefficient (Wildman–Crippen LogP) is 3.62. The first-order chi connectivity index (χ1) is 8.83. The van der Waals surface area contributed by atoms with Crippen LogP contribution in [0.1, 0.15) is 28.6 Å². The number of nitrogens with one attached hydrogen (secondary N) is 1. The molecule has 0 spiro atoms. The molecule has 0 bridgehead atoms. The molecule has 0 saturated heterocycles. The Balaban J connectivity index is 1.56.